The number of hydrogen-bond acceptors (Lipinski definition) is 5. The Morgan fingerprint density at radius 2 is 1.12 bits per heavy atom. The minimum atomic E-state index is 0.558. The van der Waals surface area contributed by atoms with Crippen molar-refractivity contribution in [3.63, 3.8) is 0 Å². The van der Waals surface area contributed by atoms with Gasteiger partial charge in [-0.1, -0.05) is 109 Å². The molecule has 0 saturated heterocycles. The van der Waals surface area contributed by atoms with Gasteiger partial charge in [-0.05, 0) is 60.2 Å². The molecule has 6 nitrogen and oxygen atoms in total. The summed E-state index contributed by atoms with van der Waals surface area (Å²) in [6.45, 7) is 0. The lowest BCUT2D eigenvalue weighted by molar-refractivity contribution is 0.669. The van der Waals surface area contributed by atoms with Crippen molar-refractivity contribution in [3.05, 3.63) is 169 Å². The number of hydrogen-bond donors (Lipinski definition) is 0. The van der Waals surface area contributed by atoms with E-state index >= 15 is 0 Å². The lowest BCUT2D eigenvalue weighted by atomic mass is 9.98. The zero-order chi connectivity index (χ0) is 34.6. The van der Waals surface area contributed by atoms with E-state index in [0.29, 0.717) is 23.0 Å². The monoisotopic (exact) mass is 665 g/mol. The highest BCUT2D eigenvalue weighted by Crippen LogP contribution is 2.43. The number of nitrogens with zero attached hydrogens (tertiary/aromatic N) is 5. The van der Waals surface area contributed by atoms with Gasteiger partial charge in [0.05, 0.1) is 33.7 Å². The molecule has 0 N–H and O–H groups in total. The molecule has 6 heteroatoms. The predicted molar refractivity (Wildman–Crippen MR) is 208 cm³/mol. The van der Waals surface area contributed by atoms with E-state index in [4.69, 9.17) is 19.4 Å². The van der Waals surface area contributed by atoms with Crippen LogP contribution in [0.3, 0.4) is 0 Å². The van der Waals surface area contributed by atoms with Gasteiger partial charge in [0, 0.05) is 38.4 Å². The minimum Gasteiger partial charge on any atom is -0.456 e. The van der Waals surface area contributed by atoms with Crippen molar-refractivity contribution in [1.29, 1.82) is 5.26 Å². The molecule has 0 aliphatic carbocycles. The second-order valence-electron chi connectivity index (χ2n) is 12.7. The third-order valence-corrected chi connectivity index (χ3v) is 9.67. The number of fused-ring (bicyclic) bond motifs is 7. The zero-order valence-electron chi connectivity index (χ0n) is 27.7. The Kier molecular flexibility index (Phi) is 6.76. The lowest BCUT2D eigenvalue weighted by Crippen LogP contribution is -2.02. The van der Waals surface area contributed by atoms with Crippen molar-refractivity contribution in [2.45, 2.75) is 0 Å². The van der Waals surface area contributed by atoms with Crippen molar-refractivity contribution in [2.24, 2.45) is 0 Å². The normalized spacial score (nSPS) is 11.4. The maximum absolute atomic E-state index is 9.96. The highest BCUT2D eigenvalue weighted by Gasteiger charge is 2.22. The Morgan fingerprint density at radius 1 is 0.481 bits per heavy atom. The molecule has 0 saturated carbocycles. The summed E-state index contributed by atoms with van der Waals surface area (Å²) in [4.78, 5) is 15.0. The van der Waals surface area contributed by atoms with Crippen molar-refractivity contribution in [2.75, 3.05) is 0 Å². The Morgan fingerprint density at radius 3 is 1.85 bits per heavy atom. The third kappa shape index (κ3) is 4.76. The molecule has 3 heterocycles. The second-order valence-corrected chi connectivity index (χ2v) is 12.7. The number of aromatic nitrogens is 4. The predicted octanol–water partition coefficient (Wildman–Crippen LogP) is 11.4. The van der Waals surface area contributed by atoms with E-state index in [9.17, 15) is 5.26 Å². The molecule has 0 aliphatic heterocycles. The van der Waals surface area contributed by atoms with Crippen LogP contribution in [0.15, 0.2) is 168 Å². The van der Waals surface area contributed by atoms with E-state index in [-0.39, 0.29) is 0 Å². The molecule has 0 fully saturated rings. The molecule has 242 valence electrons. The SMILES string of the molecule is N#Cc1cccc(-c2cc(-c3nc(-c4ccccc4)nc(-c4ccccc4)n3)ccc2-n2c3ccccc3c3ccc4oc5ccccc5c4c32)c1. The van der Waals surface area contributed by atoms with E-state index < -0.39 is 0 Å². The fourth-order valence-corrected chi connectivity index (χ4v) is 7.31. The Labute approximate surface area is 298 Å². The number of furan rings is 1. The van der Waals surface area contributed by atoms with Crippen LogP contribution in [0.4, 0.5) is 0 Å². The van der Waals surface area contributed by atoms with E-state index in [1.165, 1.54) is 0 Å². The topological polar surface area (TPSA) is 80.5 Å². The molecule has 0 spiro atoms. The first-order valence-electron chi connectivity index (χ1n) is 17.1. The lowest BCUT2D eigenvalue weighted by Gasteiger charge is -2.17. The van der Waals surface area contributed by atoms with Gasteiger partial charge in [0.1, 0.15) is 11.2 Å². The number of rotatable bonds is 5. The van der Waals surface area contributed by atoms with Gasteiger partial charge < -0.3 is 8.98 Å². The Balaban J connectivity index is 1.29. The van der Waals surface area contributed by atoms with Crippen LogP contribution in [0, 0.1) is 11.3 Å². The molecule has 0 bridgehead atoms. The average Bonchev–Trinajstić information content (AvgIpc) is 3.77. The van der Waals surface area contributed by atoms with Crippen LogP contribution < -0.4 is 0 Å². The second kappa shape index (κ2) is 11.9. The fourth-order valence-electron chi connectivity index (χ4n) is 7.31. The summed E-state index contributed by atoms with van der Waals surface area (Å²) >= 11 is 0. The zero-order valence-corrected chi connectivity index (χ0v) is 27.7. The number of benzene rings is 7. The van der Waals surface area contributed by atoms with Gasteiger partial charge in [0.15, 0.2) is 17.5 Å². The molecule has 0 radical (unpaired) electrons. The summed E-state index contributed by atoms with van der Waals surface area (Å²) in [5.41, 5.74) is 9.83. The van der Waals surface area contributed by atoms with Gasteiger partial charge in [0.25, 0.3) is 0 Å². The van der Waals surface area contributed by atoms with Crippen molar-refractivity contribution in [3.8, 4) is 57.0 Å². The molecule has 7 aromatic carbocycles. The standard InChI is InChI=1S/C46H27N5O/c47-28-29-12-11-17-32(26-29)37-27-33(46-49-44(30-13-3-1-4-14-30)48-45(50-46)31-15-5-2-6-16-31)22-24-39(37)51-38-20-9-7-18-34(38)35-23-25-41-42(43(35)51)36-19-8-10-21-40(36)52-41/h1-27H. The molecule has 0 amide bonds. The summed E-state index contributed by atoms with van der Waals surface area (Å²) in [6.07, 6.45) is 0. The van der Waals surface area contributed by atoms with Crippen LogP contribution in [-0.2, 0) is 0 Å². The first-order chi connectivity index (χ1) is 25.7. The maximum Gasteiger partial charge on any atom is 0.164 e. The fraction of sp³-hybridized carbons (Fsp3) is 0. The van der Waals surface area contributed by atoms with Crippen LogP contribution in [-0.4, -0.2) is 19.5 Å². The molecular formula is C46H27N5O. The summed E-state index contributed by atoms with van der Waals surface area (Å²) in [5.74, 6) is 1.75. The van der Waals surface area contributed by atoms with Crippen LogP contribution in [0.2, 0.25) is 0 Å². The van der Waals surface area contributed by atoms with Gasteiger partial charge >= 0.3 is 0 Å². The summed E-state index contributed by atoms with van der Waals surface area (Å²) in [6, 6.07) is 57.4. The van der Waals surface area contributed by atoms with Crippen molar-refractivity contribution >= 4 is 43.7 Å². The summed E-state index contributed by atoms with van der Waals surface area (Å²) in [5, 5.41) is 14.3. The molecule has 3 aromatic heterocycles. The molecule has 0 aliphatic rings. The maximum atomic E-state index is 9.96. The highest BCUT2D eigenvalue weighted by molar-refractivity contribution is 6.24. The smallest absolute Gasteiger partial charge is 0.164 e. The van der Waals surface area contributed by atoms with Gasteiger partial charge in [-0.3, -0.25) is 0 Å². The summed E-state index contributed by atoms with van der Waals surface area (Å²) < 4.78 is 8.73. The van der Waals surface area contributed by atoms with Gasteiger partial charge in [-0.25, -0.2) is 15.0 Å². The Bertz CT molecular complexity index is 2970. The first kappa shape index (κ1) is 29.5. The Hall–Kier alpha value is -7.36. The quantitative estimate of drug-likeness (QED) is 0.183. The minimum absolute atomic E-state index is 0.558. The molecular weight excluding hydrogens is 639 g/mol. The van der Waals surface area contributed by atoms with Crippen LogP contribution in [0.5, 0.6) is 0 Å². The van der Waals surface area contributed by atoms with Crippen LogP contribution in [0.1, 0.15) is 5.56 Å². The van der Waals surface area contributed by atoms with E-state index in [2.05, 4.69) is 83.4 Å². The van der Waals surface area contributed by atoms with E-state index in [1.54, 1.807) is 0 Å². The van der Waals surface area contributed by atoms with E-state index in [1.807, 2.05) is 91.0 Å². The van der Waals surface area contributed by atoms with Gasteiger partial charge in [-0.15, -0.1) is 0 Å². The molecule has 52 heavy (non-hydrogen) atoms. The van der Waals surface area contributed by atoms with Gasteiger partial charge in [-0.2, -0.15) is 5.26 Å². The number of para-hydroxylation sites is 2. The number of nitriles is 1. The third-order valence-electron chi connectivity index (χ3n) is 9.67. The van der Waals surface area contributed by atoms with Crippen LogP contribution >= 0.6 is 0 Å². The van der Waals surface area contributed by atoms with Crippen LogP contribution in [0.25, 0.3) is 94.7 Å². The van der Waals surface area contributed by atoms with E-state index in [0.717, 1.165) is 77.2 Å². The van der Waals surface area contributed by atoms with Crippen molar-refractivity contribution in [1.82, 2.24) is 19.5 Å². The summed E-state index contributed by atoms with van der Waals surface area (Å²) in [7, 11) is 0. The van der Waals surface area contributed by atoms with Gasteiger partial charge in [0.2, 0.25) is 0 Å². The largest absolute Gasteiger partial charge is 0.456 e. The molecule has 10 aromatic rings. The molecule has 10 rings (SSSR count). The highest BCUT2D eigenvalue weighted by atomic mass is 16.3. The molecule has 0 atom stereocenters. The van der Waals surface area contributed by atoms with Crippen molar-refractivity contribution < 1.29 is 4.42 Å². The first-order valence-corrected chi connectivity index (χ1v) is 17.1. The molecule has 0 unspecified atom stereocenters. The average molecular weight is 666 g/mol.